The Morgan fingerprint density at radius 1 is 0.750 bits per heavy atom. The van der Waals surface area contributed by atoms with Gasteiger partial charge in [-0.1, -0.05) is 82.2 Å². The van der Waals surface area contributed by atoms with Gasteiger partial charge in [-0.25, -0.2) is 0 Å². The molecule has 0 aromatic heterocycles. The predicted octanol–water partition coefficient (Wildman–Crippen LogP) is 5.80. The average Bonchev–Trinajstić information content (AvgIpc) is 3.00. The normalized spacial score (nSPS) is 17.0. The maximum Gasteiger partial charge on any atom is 0.105 e. The molecule has 24 heavy (non-hydrogen) atoms. The van der Waals surface area contributed by atoms with Crippen molar-refractivity contribution in [3.63, 3.8) is 0 Å². The van der Waals surface area contributed by atoms with Crippen molar-refractivity contribution in [2.75, 3.05) is 13.1 Å². The summed E-state index contributed by atoms with van der Waals surface area (Å²) < 4.78 is 0. The fourth-order valence-corrected chi connectivity index (χ4v) is 3.59. The Labute approximate surface area is 149 Å². The lowest BCUT2D eigenvalue weighted by atomic mass is 10.1. The third kappa shape index (κ3) is 6.22. The molecule has 2 rings (SSSR count). The van der Waals surface area contributed by atoms with Gasteiger partial charge in [-0.15, -0.1) is 0 Å². The average molecular weight is 329 g/mol. The Hall–Kier alpha value is -1.44. The number of benzene rings is 1. The predicted molar refractivity (Wildman–Crippen MR) is 105 cm³/mol. The molecule has 0 fully saturated rings. The molecule has 0 saturated carbocycles. The van der Waals surface area contributed by atoms with Crippen LogP contribution >= 0.6 is 0 Å². The molecule has 2 nitrogen and oxygen atoms in total. The molecule has 0 radical (unpaired) electrons. The van der Waals surface area contributed by atoms with E-state index in [1.165, 1.54) is 63.5 Å². The van der Waals surface area contributed by atoms with Crippen LogP contribution in [0.1, 0.15) is 70.8 Å². The van der Waals surface area contributed by atoms with Crippen molar-refractivity contribution in [3.05, 3.63) is 48.3 Å². The van der Waals surface area contributed by atoms with Crippen LogP contribution in [0, 0.1) is 0 Å². The minimum atomic E-state index is 0.502. The third-order valence-electron chi connectivity index (χ3n) is 5.11. The monoisotopic (exact) mass is 328 g/mol. The van der Waals surface area contributed by atoms with Crippen molar-refractivity contribution in [2.45, 2.75) is 77.8 Å². The summed E-state index contributed by atoms with van der Waals surface area (Å²) in [5.41, 5.74) is 1.44. The van der Waals surface area contributed by atoms with Crippen LogP contribution < -0.4 is 0 Å². The van der Waals surface area contributed by atoms with E-state index >= 15 is 0 Å². The zero-order valence-electron chi connectivity index (χ0n) is 15.8. The van der Waals surface area contributed by atoms with E-state index in [1.807, 2.05) is 0 Å². The minimum absolute atomic E-state index is 0.502. The first-order valence-corrected chi connectivity index (χ1v) is 10.1. The topological polar surface area (TPSA) is 6.48 Å². The minimum Gasteiger partial charge on any atom is -0.356 e. The summed E-state index contributed by atoms with van der Waals surface area (Å²) in [7, 11) is 0. The number of unbranched alkanes of at least 4 members (excludes halogenated alkanes) is 7. The Morgan fingerprint density at radius 3 is 2.04 bits per heavy atom. The van der Waals surface area contributed by atoms with Crippen LogP contribution in [0.25, 0.3) is 0 Å². The van der Waals surface area contributed by atoms with Gasteiger partial charge < -0.3 is 9.80 Å². The highest BCUT2D eigenvalue weighted by molar-refractivity contribution is 5.17. The van der Waals surface area contributed by atoms with Gasteiger partial charge in [-0.2, -0.15) is 0 Å². The van der Waals surface area contributed by atoms with Crippen LogP contribution in [0.5, 0.6) is 0 Å². The lowest BCUT2D eigenvalue weighted by Gasteiger charge is -2.32. The van der Waals surface area contributed by atoms with E-state index in [1.54, 1.807) is 0 Å². The number of hydrogen-bond acceptors (Lipinski definition) is 2. The van der Waals surface area contributed by atoms with Crippen molar-refractivity contribution in [1.82, 2.24) is 9.80 Å². The van der Waals surface area contributed by atoms with Crippen LogP contribution in [0.3, 0.4) is 0 Å². The van der Waals surface area contributed by atoms with E-state index in [2.05, 4.69) is 66.4 Å². The molecule has 1 heterocycles. The zero-order valence-corrected chi connectivity index (χ0v) is 15.8. The molecule has 1 atom stereocenters. The van der Waals surface area contributed by atoms with Crippen LogP contribution in [-0.2, 0) is 6.42 Å². The second-order valence-corrected chi connectivity index (χ2v) is 7.01. The van der Waals surface area contributed by atoms with Crippen LogP contribution in [0.2, 0.25) is 0 Å². The number of rotatable bonds is 12. The van der Waals surface area contributed by atoms with Crippen molar-refractivity contribution < 1.29 is 0 Å². The van der Waals surface area contributed by atoms with Gasteiger partial charge in [0, 0.05) is 31.9 Å². The first kappa shape index (κ1) is 18.9. The van der Waals surface area contributed by atoms with Crippen molar-refractivity contribution in [2.24, 2.45) is 0 Å². The summed E-state index contributed by atoms with van der Waals surface area (Å²) in [5.74, 6) is 0. The molecule has 134 valence electrons. The van der Waals surface area contributed by atoms with Crippen molar-refractivity contribution in [3.8, 4) is 0 Å². The van der Waals surface area contributed by atoms with Crippen molar-refractivity contribution >= 4 is 0 Å². The highest BCUT2D eigenvalue weighted by Gasteiger charge is 2.24. The fourth-order valence-electron chi connectivity index (χ4n) is 3.59. The van der Waals surface area contributed by atoms with Crippen molar-refractivity contribution in [1.29, 1.82) is 0 Å². The first-order valence-electron chi connectivity index (χ1n) is 10.1. The molecule has 1 aliphatic heterocycles. The smallest absolute Gasteiger partial charge is 0.105 e. The van der Waals surface area contributed by atoms with Gasteiger partial charge in [0.1, 0.15) is 6.17 Å². The molecule has 0 spiro atoms. The molecule has 1 unspecified atom stereocenters. The van der Waals surface area contributed by atoms with Gasteiger partial charge in [0.2, 0.25) is 0 Å². The molecular weight excluding hydrogens is 292 g/mol. The van der Waals surface area contributed by atoms with Gasteiger partial charge >= 0.3 is 0 Å². The molecule has 0 N–H and O–H groups in total. The molecular formula is C22H36N2. The lowest BCUT2D eigenvalue weighted by Crippen LogP contribution is -2.40. The van der Waals surface area contributed by atoms with E-state index in [9.17, 15) is 0 Å². The first-order chi connectivity index (χ1) is 11.8. The van der Waals surface area contributed by atoms with E-state index < -0.39 is 0 Å². The lowest BCUT2D eigenvalue weighted by molar-refractivity contribution is 0.155. The Balaban J connectivity index is 1.69. The molecule has 0 bridgehead atoms. The summed E-state index contributed by atoms with van der Waals surface area (Å²) in [6.07, 6.45) is 17.3. The van der Waals surface area contributed by atoms with Crippen LogP contribution in [0.15, 0.2) is 42.7 Å². The number of nitrogens with zero attached hydrogens (tertiary/aromatic N) is 2. The number of likely N-dealkylation sites (N-methyl/N-ethyl adjacent to an activating group) is 1. The summed E-state index contributed by atoms with van der Waals surface area (Å²) in [4.78, 5) is 5.02. The van der Waals surface area contributed by atoms with E-state index in [0.717, 1.165) is 13.0 Å². The summed E-state index contributed by atoms with van der Waals surface area (Å²) in [5, 5.41) is 0. The SMILES string of the molecule is CCCCCCCCCCN1C=CN(CC)C1Cc1ccccc1. The van der Waals surface area contributed by atoms with E-state index in [0.29, 0.717) is 6.17 Å². The fraction of sp³-hybridized carbons (Fsp3) is 0.636. The molecule has 1 aliphatic rings. The molecule has 0 saturated heterocycles. The second kappa shape index (κ2) is 11.2. The maximum atomic E-state index is 2.55. The quantitative estimate of drug-likeness (QED) is 0.447. The van der Waals surface area contributed by atoms with Gasteiger partial charge in [0.05, 0.1) is 0 Å². The Bertz CT molecular complexity index is 454. The van der Waals surface area contributed by atoms with E-state index in [4.69, 9.17) is 0 Å². The van der Waals surface area contributed by atoms with Gasteiger partial charge in [0.25, 0.3) is 0 Å². The molecule has 0 aliphatic carbocycles. The molecule has 0 amide bonds. The Morgan fingerprint density at radius 2 is 1.38 bits per heavy atom. The maximum absolute atomic E-state index is 2.55. The summed E-state index contributed by atoms with van der Waals surface area (Å²) in [6, 6.07) is 10.9. The van der Waals surface area contributed by atoms with Crippen LogP contribution in [0.4, 0.5) is 0 Å². The van der Waals surface area contributed by atoms with Crippen LogP contribution in [-0.4, -0.2) is 29.1 Å². The van der Waals surface area contributed by atoms with E-state index in [-0.39, 0.29) is 0 Å². The summed E-state index contributed by atoms with van der Waals surface area (Å²) in [6.45, 7) is 6.82. The summed E-state index contributed by atoms with van der Waals surface area (Å²) >= 11 is 0. The second-order valence-electron chi connectivity index (χ2n) is 7.01. The molecule has 1 aromatic rings. The molecule has 1 aromatic carbocycles. The highest BCUT2D eigenvalue weighted by atomic mass is 15.4. The third-order valence-corrected chi connectivity index (χ3v) is 5.11. The Kier molecular flexibility index (Phi) is 8.80. The highest BCUT2D eigenvalue weighted by Crippen LogP contribution is 2.21. The van der Waals surface area contributed by atoms with Gasteiger partial charge in [0.15, 0.2) is 0 Å². The largest absolute Gasteiger partial charge is 0.356 e. The van der Waals surface area contributed by atoms with Gasteiger partial charge in [-0.3, -0.25) is 0 Å². The standard InChI is InChI=1S/C22H36N2/c1-3-5-6-7-8-9-10-14-17-24-19-18-23(4-2)22(24)20-21-15-12-11-13-16-21/h11-13,15-16,18-19,22H,3-10,14,17,20H2,1-2H3. The van der Waals surface area contributed by atoms with Gasteiger partial charge in [-0.05, 0) is 18.9 Å². The number of hydrogen-bond donors (Lipinski definition) is 0. The zero-order chi connectivity index (χ0) is 17.0. The molecule has 2 heteroatoms.